The molecule has 0 saturated heterocycles. The van der Waals surface area contributed by atoms with Gasteiger partial charge in [-0.1, -0.05) is 31.9 Å². The Morgan fingerprint density at radius 1 is 1.30 bits per heavy atom. The van der Waals surface area contributed by atoms with Crippen molar-refractivity contribution in [1.82, 2.24) is 19.7 Å². The standard InChI is InChI=1S/C19H21N5O3/c1-2-15-17-18(23(22-15)13-7-3-4-8-13)20-16(21-19(17)25)11-12-6-5-9-14(10-12)24(26)27/h5-6,9-10,13,22H,2-4,7-8,11H2,1H3. The minimum absolute atomic E-state index is 0.0202. The largest absolute Gasteiger partial charge is 0.300 e. The minimum atomic E-state index is -0.430. The third-order valence-electron chi connectivity index (χ3n) is 5.22. The van der Waals surface area contributed by atoms with Crippen molar-refractivity contribution in [2.45, 2.75) is 51.5 Å². The van der Waals surface area contributed by atoms with Crippen molar-refractivity contribution in [2.75, 3.05) is 0 Å². The maximum Gasteiger partial charge on any atom is 0.284 e. The Labute approximate surface area is 155 Å². The van der Waals surface area contributed by atoms with Crippen molar-refractivity contribution in [1.29, 1.82) is 0 Å². The monoisotopic (exact) mass is 367 g/mol. The SMILES string of the molecule is CCc1[nH]n(C2CCCC2)c2nc(Cc3cccc([N+](=O)[O-])c3)nc(=O)c1-2. The number of nitrogens with zero attached hydrogens (tertiary/aromatic N) is 4. The summed E-state index contributed by atoms with van der Waals surface area (Å²) in [5.41, 5.74) is 1.87. The summed E-state index contributed by atoms with van der Waals surface area (Å²) in [4.78, 5) is 32.0. The molecule has 1 fully saturated rings. The van der Waals surface area contributed by atoms with E-state index in [-0.39, 0.29) is 17.7 Å². The van der Waals surface area contributed by atoms with Crippen molar-refractivity contribution in [3.63, 3.8) is 0 Å². The number of rotatable bonds is 5. The fraction of sp³-hybridized carbons (Fsp3) is 0.421. The van der Waals surface area contributed by atoms with Crippen molar-refractivity contribution >= 4 is 5.69 Å². The lowest BCUT2D eigenvalue weighted by Crippen LogP contribution is -2.18. The molecule has 0 spiro atoms. The molecule has 1 aliphatic carbocycles. The van der Waals surface area contributed by atoms with Gasteiger partial charge in [0, 0.05) is 24.2 Å². The van der Waals surface area contributed by atoms with Gasteiger partial charge in [-0.3, -0.25) is 24.7 Å². The number of aryl methyl sites for hydroxylation is 1. The summed E-state index contributed by atoms with van der Waals surface area (Å²) < 4.78 is 2.03. The highest BCUT2D eigenvalue weighted by Gasteiger charge is 2.27. The normalized spacial score (nSPS) is 14.9. The molecule has 8 heteroatoms. The number of hydrogen-bond donors (Lipinski definition) is 1. The number of hydrogen-bond acceptors (Lipinski definition) is 5. The molecule has 2 aliphatic heterocycles. The van der Waals surface area contributed by atoms with Gasteiger partial charge in [0.05, 0.1) is 11.0 Å². The number of nitro groups is 1. The highest BCUT2D eigenvalue weighted by atomic mass is 16.6. The van der Waals surface area contributed by atoms with Gasteiger partial charge in [-0.25, -0.2) is 4.98 Å². The zero-order chi connectivity index (χ0) is 19.0. The molecule has 0 amide bonds. The molecule has 3 aliphatic rings. The Hall–Kier alpha value is -3.03. The van der Waals surface area contributed by atoms with Crippen LogP contribution in [0.25, 0.3) is 11.4 Å². The number of fused-ring (bicyclic) bond motifs is 1. The molecule has 1 aromatic carbocycles. The summed E-state index contributed by atoms with van der Waals surface area (Å²) in [7, 11) is 0. The number of nitro benzene ring substituents is 1. The van der Waals surface area contributed by atoms with Gasteiger partial charge < -0.3 is 0 Å². The number of non-ortho nitro benzene ring substituents is 1. The van der Waals surface area contributed by atoms with Gasteiger partial charge in [-0.05, 0) is 24.8 Å². The summed E-state index contributed by atoms with van der Waals surface area (Å²) in [6.45, 7) is 2.00. The van der Waals surface area contributed by atoms with E-state index >= 15 is 0 Å². The molecule has 4 rings (SSSR count). The number of benzene rings is 1. The fourth-order valence-corrected chi connectivity index (χ4v) is 3.89. The van der Waals surface area contributed by atoms with E-state index in [2.05, 4.69) is 15.1 Å². The lowest BCUT2D eigenvalue weighted by molar-refractivity contribution is -0.384. The average molecular weight is 367 g/mol. The summed E-state index contributed by atoms with van der Waals surface area (Å²) in [5.74, 6) is 1.04. The van der Waals surface area contributed by atoms with E-state index in [0.29, 0.717) is 35.2 Å². The smallest absolute Gasteiger partial charge is 0.284 e. The zero-order valence-electron chi connectivity index (χ0n) is 15.1. The maximum atomic E-state index is 12.7. The quantitative estimate of drug-likeness (QED) is 0.550. The summed E-state index contributed by atoms with van der Waals surface area (Å²) in [6.07, 6.45) is 5.48. The Balaban J connectivity index is 1.77. The van der Waals surface area contributed by atoms with Gasteiger partial charge in [0.2, 0.25) is 0 Å². The molecule has 0 radical (unpaired) electrons. The second-order valence-electron chi connectivity index (χ2n) is 7.00. The van der Waals surface area contributed by atoms with E-state index in [0.717, 1.165) is 18.5 Å². The number of aromatic nitrogens is 4. The molecular formula is C19H21N5O3. The first-order chi connectivity index (χ1) is 13.1. The van der Waals surface area contributed by atoms with Crippen LogP contribution in [0.5, 0.6) is 0 Å². The number of aromatic amines is 1. The molecule has 1 aromatic rings. The molecule has 0 unspecified atom stereocenters. The van der Waals surface area contributed by atoms with Gasteiger partial charge in [-0.2, -0.15) is 4.98 Å². The second kappa shape index (κ2) is 6.94. The fourth-order valence-electron chi connectivity index (χ4n) is 3.89. The van der Waals surface area contributed by atoms with E-state index < -0.39 is 4.92 Å². The first-order valence-electron chi connectivity index (χ1n) is 9.30. The molecule has 1 N–H and O–H groups in total. The van der Waals surface area contributed by atoms with Crippen LogP contribution in [0.2, 0.25) is 0 Å². The number of H-pyrrole nitrogens is 1. The third kappa shape index (κ3) is 3.22. The number of nitrogens with one attached hydrogen (secondary N) is 1. The van der Waals surface area contributed by atoms with Gasteiger partial charge in [-0.15, -0.1) is 0 Å². The predicted octanol–water partition coefficient (Wildman–Crippen LogP) is 3.25. The van der Waals surface area contributed by atoms with Crippen molar-refractivity contribution < 1.29 is 4.92 Å². The molecule has 27 heavy (non-hydrogen) atoms. The van der Waals surface area contributed by atoms with Crippen LogP contribution in [-0.4, -0.2) is 24.7 Å². The molecule has 8 nitrogen and oxygen atoms in total. The molecule has 0 aromatic heterocycles. The van der Waals surface area contributed by atoms with Crippen LogP contribution >= 0.6 is 0 Å². The summed E-state index contributed by atoms with van der Waals surface area (Å²) in [6, 6.07) is 6.68. The maximum absolute atomic E-state index is 12.7. The topological polar surface area (TPSA) is 107 Å². The van der Waals surface area contributed by atoms with Crippen LogP contribution in [0.15, 0.2) is 29.1 Å². The molecule has 1 saturated carbocycles. The molecule has 140 valence electrons. The zero-order valence-corrected chi connectivity index (χ0v) is 15.1. The molecular weight excluding hydrogens is 346 g/mol. The van der Waals surface area contributed by atoms with Crippen LogP contribution in [-0.2, 0) is 12.8 Å². The van der Waals surface area contributed by atoms with Crippen LogP contribution in [0.3, 0.4) is 0 Å². The van der Waals surface area contributed by atoms with Crippen molar-refractivity contribution in [2.24, 2.45) is 0 Å². The lowest BCUT2D eigenvalue weighted by Gasteiger charge is -2.13. The van der Waals surface area contributed by atoms with Crippen LogP contribution < -0.4 is 5.56 Å². The molecule has 2 heterocycles. The van der Waals surface area contributed by atoms with E-state index in [1.54, 1.807) is 12.1 Å². The first-order valence-corrected chi connectivity index (χ1v) is 9.30. The highest BCUT2D eigenvalue weighted by Crippen LogP contribution is 2.33. The van der Waals surface area contributed by atoms with E-state index in [1.807, 2.05) is 11.6 Å². The third-order valence-corrected chi connectivity index (χ3v) is 5.22. The Morgan fingerprint density at radius 3 is 2.78 bits per heavy atom. The predicted molar refractivity (Wildman–Crippen MR) is 100 cm³/mol. The summed E-state index contributed by atoms with van der Waals surface area (Å²) >= 11 is 0. The Kier molecular flexibility index (Phi) is 4.47. The minimum Gasteiger partial charge on any atom is -0.300 e. The van der Waals surface area contributed by atoms with Crippen LogP contribution in [0, 0.1) is 10.1 Å². The van der Waals surface area contributed by atoms with Crippen molar-refractivity contribution in [3.8, 4) is 11.4 Å². The lowest BCUT2D eigenvalue weighted by atomic mass is 10.1. The molecule has 0 bridgehead atoms. The Bertz CT molecular complexity index is 1020. The van der Waals surface area contributed by atoms with Gasteiger partial charge in [0.15, 0.2) is 5.82 Å². The first kappa shape index (κ1) is 17.4. The highest BCUT2D eigenvalue weighted by molar-refractivity contribution is 5.59. The van der Waals surface area contributed by atoms with Gasteiger partial charge in [0.25, 0.3) is 11.2 Å². The van der Waals surface area contributed by atoms with Gasteiger partial charge >= 0.3 is 0 Å². The average Bonchev–Trinajstić information content (AvgIpc) is 3.29. The summed E-state index contributed by atoms with van der Waals surface area (Å²) in [5, 5.41) is 14.3. The van der Waals surface area contributed by atoms with Gasteiger partial charge in [0.1, 0.15) is 11.4 Å². The van der Waals surface area contributed by atoms with E-state index in [9.17, 15) is 14.9 Å². The van der Waals surface area contributed by atoms with Crippen LogP contribution in [0.1, 0.15) is 55.7 Å². The van der Waals surface area contributed by atoms with E-state index in [4.69, 9.17) is 0 Å². The van der Waals surface area contributed by atoms with Crippen molar-refractivity contribution in [3.05, 3.63) is 61.8 Å². The molecule has 0 atom stereocenters. The van der Waals surface area contributed by atoms with Crippen LogP contribution in [0.4, 0.5) is 5.69 Å². The Morgan fingerprint density at radius 2 is 2.07 bits per heavy atom. The van der Waals surface area contributed by atoms with E-state index in [1.165, 1.54) is 25.0 Å². The second-order valence-corrected chi connectivity index (χ2v) is 7.00.